The van der Waals surface area contributed by atoms with Crippen molar-refractivity contribution in [3.8, 4) is 28.2 Å². The number of hydrogen-bond acceptors (Lipinski definition) is 7. The molecule has 0 aliphatic carbocycles. The molecule has 1 aliphatic heterocycles. The molecule has 0 amide bonds. The van der Waals surface area contributed by atoms with Crippen LogP contribution in [0.1, 0.15) is 29.9 Å². The molecule has 4 aromatic rings. The van der Waals surface area contributed by atoms with Crippen molar-refractivity contribution in [2.45, 2.75) is 27.1 Å². The fourth-order valence-electron chi connectivity index (χ4n) is 3.90. The summed E-state index contributed by atoms with van der Waals surface area (Å²) in [7, 11) is 0. The topological polar surface area (TPSA) is 96.0 Å². The molecule has 0 saturated carbocycles. The number of carbonyl (C=O) groups is 1. The molecule has 1 atom stereocenters. The normalized spacial score (nSPS) is 14.4. The van der Waals surface area contributed by atoms with E-state index in [4.69, 9.17) is 18.3 Å². The van der Waals surface area contributed by atoms with Gasteiger partial charge < -0.3 is 18.3 Å². The van der Waals surface area contributed by atoms with E-state index in [1.54, 1.807) is 18.2 Å². The van der Waals surface area contributed by atoms with Gasteiger partial charge in [0.05, 0.1) is 16.7 Å². The van der Waals surface area contributed by atoms with Gasteiger partial charge in [0.15, 0.2) is 5.76 Å². The van der Waals surface area contributed by atoms with Gasteiger partial charge in [0, 0.05) is 23.9 Å². The molecule has 7 nitrogen and oxygen atoms in total. The Morgan fingerprint density at radius 1 is 0.875 bits per heavy atom. The first-order valence-electron chi connectivity index (χ1n) is 9.98. The number of hydrogen-bond donors (Lipinski definition) is 0. The zero-order chi connectivity index (χ0) is 22.6. The van der Waals surface area contributed by atoms with Gasteiger partial charge in [0.2, 0.25) is 0 Å². The average Bonchev–Trinajstić information content (AvgIpc) is 2.73. The maximum atomic E-state index is 13.1. The molecule has 3 heterocycles. The Morgan fingerprint density at radius 3 is 2.41 bits per heavy atom. The SMILES string of the molecule is CC(=O)OC1Oc2ccc(C)cc2-c2oc(=O)c(-c3cc(=O)oc4ccc(C)cc34)cc21. The number of benzene rings is 2. The van der Waals surface area contributed by atoms with Crippen LogP contribution in [-0.4, -0.2) is 5.97 Å². The lowest BCUT2D eigenvalue weighted by atomic mass is 9.96. The molecular formula is C25H18O7. The smallest absolute Gasteiger partial charge is 0.344 e. The maximum absolute atomic E-state index is 13.1. The molecule has 2 aromatic heterocycles. The first-order valence-corrected chi connectivity index (χ1v) is 9.98. The molecule has 0 bridgehead atoms. The molecule has 0 N–H and O–H groups in total. The number of fused-ring (bicyclic) bond motifs is 4. The molecule has 32 heavy (non-hydrogen) atoms. The van der Waals surface area contributed by atoms with E-state index >= 15 is 0 Å². The monoisotopic (exact) mass is 430 g/mol. The van der Waals surface area contributed by atoms with Gasteiger partial charge in [-0.3, -0.25) is 4.79 Å². The fraction of sp³-hybridized carbons (Fsp3) is 0.160. The minimum absolute atomic E-state index is 0.143. The van der Waals surface area contributed by atoms with E-state index in [0.717, 1.165) is 11.1 Å². The summed E-state index contributed by atoms with van der Waals surface area (Å²) in [5.41, 5.74) is 2.47. The lowest BCUT2D eigenvalue weighted by molar-refractivity contribution is -0.162. The van der Waals surface area contributed by atoms with Crippen LogP contribution in [0, 0.1) is 13.8 Å². The number of aryl methyl sites for hydroxylation is 2. The summed E-state index contributed by atoms with van der Waals surface area (Å²) >= 11 is 0. The van der Waals surface area contributed by atoms with Gasteiger partial charge in [-0.25, -0.2) is 9.59 Å². The third kappa shape index (κ3) is 3.28. The summed E-state index contributed by atoms with van der Waals surface area (Å²) in [6.07, 6.45) is -1.10. The van der Waals surface area contributed by atoms with E-state index in [-0.39, 0.29) is 11.3 Å². The van der Waals surface area contributed by atoms with Crippen molar-refractivity contribution in [3.05, 3.63) is 86.1 Å². The van der Waals surface area contributed by atoms with Gasteiger partial charge >= 0.3 is 17.2 Å². The van der Waals surface area contributed by atoms with Crippen molar-refractivity contribution in [2.75, 3.05) is 0 Å². The van der Waals surface area contributed by atoms with E-state index < -0.39 is 23.5 Å². The standard InChI is InChI=1S/C25H18O7/c1-12-4-6-20-16(8-12)15(11-22(27)30-20)17-10-19-23(32-24(17)28)18-9-13(2)5-7-21(18)31-25(19)29-14(3)26/h4-11,25H,1-3H3. The minimum atomic E-state index is -1.10. The Kier molecular flexibility index (Phi) is 4.48. The molecule has 1 unspecified atom stereocenters. The van der Waals surface area contributed by atoms with Crippen LogP contribution >= 0.6 is 0 Å². The Labute approximate surface area is 181 Å². The highest BCUT2D eigenvalue weighted by atomic mass is 16.7. The van der Waals surface area contributed by atoms with Gasteiger partial charge in [-0.2, -0.15) is 0 Å². The lowest BCUT2D eigenvalue weighted by Gasteiger charge is -2.27. The summed E-state index contributed by atoms with van der Waals surface area (Å²) in [4.78, 5) is 37.0. The molecule has 0 radical (unpaired) electrons. The van der Waals surface area contributed by atoms with Crippen molar-refractivity contribution in [2.24, 2.45) is 0 Å². The predicted molar refractivity (Wildman–Crippen MR) is 117 cm³/mol. The zero-order valence-electron chi connectivity index (χ0n) is 17.6. The van der Waals surface area contributed by atoms with E-state index in [0.29, 0.717) is 33.4 Å². The second kappa shape index (κ2) is 7.23. The lowest BCUT2D eigenvalue weighted by Crippen LogP contribution is -2.21. The van der Waals surface area contributed by atoms with Crippen LogP contribution in [0.25, 0.3) is 33.4 Å². The van der Waals surface area contributed by atoms with Gasteiger partial charge in [-0.1, -0.05) is 23.3 Å². The van der Waals surface area contributed by atoms with Gasteiger partial charge in [-0.15, -0.1) is 0 Å². The zero-order valence-corrected chi connectivity index (χ0v) is 17.6. The Morgan fingerprint density at radius 2 is 1.62 bits per heavy atom. The molecule has 0 fully saturated rings. The Hall–Kier alpha value is -4.13. The van der Waals surface area contributed by atoms with Crippen LogP contribution in [-0.2, 0) is 9.53 Å². The summed E-state index contributed by atoms with van der Waals surface area (Å²) in [6.45, 7) is 5.07. The molecule has 2 aromatic carbocycles. The number of carbonyl (C=O) groups excluding carboxylic acids is 1. The van der Waals surface area contributed by atoms with Crippen molar-refractivity contribution < 1.29 is 23.1 Å². The molecule has 1 aliphatic rings. The highest BCUT2D eigenvalue weighted by molar-refractivity contribution is 5.93. The van der Waals surface area contributed by atoms with Crippen molar-refractivity contribution in [1.82, 2.24) is 0 Å². The maximum Gasteiger partial charge on any atom is 0.344 e. The van der Waals surface area contributed by atoms with Gasteiger partial charge in [0.1, 0.15) is 11.3 Å². The quantitative estimate of drug-likeness (QED) is 0.337. The molecule has 160 valence electrons. The summed E-state index contributed by atoms with van der Waals surface area (Å²) in [6, 6.07) is 13.5. The first-order chi connectivity index (χ1) is 15.3. The molecule has 7 heteroatoms. The van der Waals surface area contributed by atoms with Gasteiger partial charge in [0.25, 0.3) is 6.29 Å². The van der Waals surface area contributed by atoms with Crippen LogP contribution in [0.5, 0.6) is 5.75 Å². The molecular weight excluding hydrogens is 412 g/mol. The largest absolute Gasteiger partial charge is 0.450 e. The predicted octanol–water partition coefficient (Wildman–Crippen LogP) is 4.65. The highest BCUT2D eigenvalue weighted by Crippen LogP contribution is 2.44. The summed E-state index contributed by atoms with van der Waals surface area (Å²) in [5.74, 6) is 0.149. The second-order valence-corrected chi connectivity index (χ2v) is 7.77. The highest BCUT2D eigenvalue weighted by Gasteiger charge is 2.32. The van der Waals surface area contributed by atoms with Crippen molar-refractivity contribution >= 4 is 16.9 Å². The molecule has 0 saturated heterocycles. The summed E-state index contributed by atoms with van der Waals surface area (Å²) < 4.78 is 22.3. The van der Waals surface area contributed by atoms with Crippen LogP contribution in [0.3, 0.4) is 0 Å². The van der Waals surface area contributed by atoms with Crippen LogP contribution in [0.2, 0.25) is 0 Å². The third-order valence-electron chi connectivity index (χ3n) is 5.31. The van der Waals surface area contributed by atoms with E-state index in [1.165, 1.54) is 13.0 Å². The molecule has 5 rings (SSSR count). The Bertz CT molecular complexity index is 1520. The Balaban J connectivity index is 1.81. The van der Waals surface area contributed by atoms with E-state index in [9.17, 15) is 14.4 Å². The van der Waals surface area contributed by atoms with Crippen molar-refractivity contribution in [1.29, 1.82) is 0 Å². The summed E-state index contributed by atoms with van der Waals surface area (Å²) in [5, 5.41) is 0.592. The van der Waals surface area contributed by atoms with E-state index in [1.807, 2.05) is 38.1 Å². The van der Waals surface area contributed by atoms with Crippen molar-refractivity contribution in [3.63, 3.8) is 0 Å². The second-order valence-electron chi connectivity index (χ2n) is 7.77. The third-order valence-corrected chi connectivity index (χ3v) is 5.31. The van der Waals surface area contributed by atoms with Gasteiger partial charge in [-0.05, 0) is 44.2 Å². The number of ether oxygens (including phenoxy) is 2. The number of esters is 1. The van der Waals surface area contributed by atoms with Crippen LogP contribution in [0.4, 0.5) is 0 Å². The minimum Gasteiger partial charge on any atom is -0.450 e. The number of rotatable bonds is 2. The van der Waals surface area contributed by atoms with Crippen LogP contribution in [0.15, 0.2) is 67.0 Å². The fourth-order valence-corrected chi connectivity index (χ4v) is 3.90. The van der Waals surface area contributed by atoms with E-state index in [2.05, 4.69) is 0 Å². The first kappa shape index (κ1) is 19.8. The molecule has 0 spiro atoms. The van der Waals surface area contributed by atoms with Crippen LogP contribution < -0.4 is 16.0 Å². The average molecular weight is 430 g/mol.